The van der Waals surface area contributed by atoms with E-state index >= 15 is 0 Å². The zero-order valence-corrected chi connectivity index (χ0v) is 16.0. The van der Waals surface area contributed by atoms with Crippen LogP contribution in [-0.4, -0.2) is 18.3 Å². The van der Waals surface area contributed by atoms with Crippen LogP contribution in [0.5, 0.6) is 5.75 Å². The average Bonchev–Trinajstić information content (AvgIpc) is 2.85. The average molecular weight is 355 g/mol. The third-order valence-corrected chi connectivity index (χ3v) is 4.67. The van der Waals surface area contributed by atoms with Gasteiger partial charge in [-0.25, -0.2) is 0 Å². The molecule has 0 saturated heterocycles. The number of carbonyl (C=O) groups excluding carboxylic acids is 2. The lowest BCUT2D eigenvalue weighted by atomic mass is 9.76. The van der Waals surface area contributed by atoms with Gasteiger partial charge in [-0.3, -0.25) is 9.59 Å². The van der Waals surface area contributed by atoms with Crippen molar-refractivity contribution in [3.8, 4) is 5.75 Å². The third kappa shape index (κ3) is 3.39. The van der Waals surface area contributed by atoms with Crippen LogP contribution in [0, 0.1) is 19.3 Å². The van der Waals surface area contributed by atoms with Gasteiger partial charge in [-0.15, -0.1) is 0 Å². The van der Waals surface area contributed by atoms with Gasteiger partial charge in [-0.2, -0.15) is 0 Å². The Kier molecular flexibility index (Phi) is 4.65. The fourth-order valence-corrected chi connectivity index (χ4v) is 3.49. The number of nitrogens with one attached hydrogen (secondary N) is 1. The van der Waals surface area contributed by atoms with Crippen LogP contribution >= 0.6 is 0 Å². The summed E-state index contributed by atoms with van der Waals surface area (Å²) in [4.78, 5) is 25.3. The van der Waals surface area contributed by atoms with Crippen LogP contribution in [0.1, 0.15) is 65.0 Å². The number of hydrogen-bond acceptors (Lipinski definition) is 4. The molecule has 0 radical (unpaired) electrons. The highest BCUT2D eigenvalue weighted by atomic mass is 16.5. The summed E-state index contributed by atoms with van der Waals surface area (Å²) < 4.78 is 11.4. The van der Waals surface area contributed by atoms with Gasteiger partial charge in [0.15, 0.2) is 11.5 Å². The molecule has 1 aromatic heterocycles. The van der Waals surface area contributed by atoms with Crippen LogP contribution in [0.25, 0.3) is 0 Å². The van der Waals surface area contributed by atoms with Crippen LogP contribution in [0.2, 0.25) is 0 Å². The lowest BCUT2D eigenvalue weighted by molar-refractivity contribution is 0.0898. The molecule has 1 amide bonds. The molecule has 0 fully saturated rings. The van der Waals surface area contributed by atoms with Gasteiger partial charge >= 0.3 is 0 Å². The van der Waals surface area contributed by atoms with Crippen LogP contribution in [0.3, 0.4) is 0 Å². The van der Waals surface area contributed by atoms with Crippen molar-refractivity contribution in [3.05, 3.63) is 46.4 Å². The molecule has 1 aliphatic rings. The lowest BCUT2D eigenvalue weighted by Gasteiger charge is -2.27. The normalized spacial score (nSPS) is 15.5. The number of ether oxygens (including phenoxy) is 1. The molecule has 0 saturated carbocycles. The van der Waals surface area contributed by atoms with Gasteiger partial charge in [0.05, 0.1) is 17.9 Å². The highest BCUT2D eigenvalue weighted by molar-refractivity contribution is 6.08. The molecule has 26 heavy (non-hydrogen) atoms. The van der Waals surface area contributed by atoms with E-state index in [0.717, 1.165) is 5.56 Å². The van der Waals surface area contributed by atoms with Crippen molar-refractivity contribution in [3.63, 3.8) is 0 Å². The molecular formula is C21H25NO4. The number of anilines is 1. The molecule has 1 heterocycles. The molecule has 0 bridgehead atoms. The molecule has 1 aliphatic carbocycles. The van der Waals surface area contributed by atoms with E-state index in [1.54, 1.807) is 6.92 Å². The zero-order chi connectivity index (χ0) is 19.1. The van der Waals surface area contributed by atoms with E-state index in [1.807, 2.05) is 45.9 Å². The Morgan fingerprint density at radius 3 is 2.69 bits per heavy atom. The number of fused-ring (bicyclic) bond motifs is 1. The van der Waals surface area contributed by atoms with Crippen molar-refractivity contribution in [2.24, 2.45) is 5.41 Å². The minimum atomic E-state index is -0.368. The standard InChI is InChI=1S/C21H25NO4/c1-6-25-16-9-12(2)7-8-14(16)22-20(24)19-13(3)18-15(23)10-21(4,5)11-17(18)26-19/h7-9H,6,10-11H2,1-5H3,(H,22,24). The Labute approximate surface area is 153 Å². The molecule has 2 aromatic rings. The molecule has 0 atom stereocenters. The second-order valence-electron chi connectivity index (χ2n) is 7.68. The predicted octanol–water partition coefficient (Wildman–Crippen LogP) is 4.70. The fraction of sp³-hybridized carbons (Fsp3) is 0.429. The first kappa shape index (κ1) is 18.2. The first-order chi connectivity index (χ1) is 12.2. The second kappa shape index (κ2) is 6.63. The van der Waals surface area contributed by atoms with Gasteiger partial charge in [0, 0.05) is 18.4 Å². The summed E-state index contributed by atoms with van der Waals surface area (Å²) >= 11 is 0. The Morgan fingerprint density at radius 2 is 2.00 bits per heavy atom. The van der Waals surface area contributed by atoms with Gasteiger partial charge in [0.1, 0.15) is 11.5 Å². The molecule has 0 unspecified atom stereocenters. The number of benzene rings is 1. The van der Waals surface area contributed by atoms with Crippen LogP contribution < -0.4 is 10.1 Å². The van der Waals surface area contributed by atoms with E-state index in [0.29, 0.717) is 47.8 Å². The Hall–Kier alpha value is -2.56. The second-order valence-corrected chi connectivity index (χ2v) is 7.68. The maximum atomic E-state index is 12.8. The van der Waals surface area contributed by atoms with Crippen LogP contribution in [0.4, 0.5) is 5.69 Å². The van der Waals surface area contributed by atoms with Gasteiger partial charge in [0.25, 0.3) is 5.91 Å². The number of ketones is 1. The minimum Gasteiger partial charge on any atom is -0.492 e. The Bertz CT molecular complexity index is 876. The number of Topliss-reactive ketones (excluding diaryl/α,β-unsaturated/α-hetero) is 1. The van der Waals surface area contributed by atoms with E-state index in [9.17, 15) is 9.59 Å². The number of furan rings is 1. The summed E-state index contributed by atoms with van der Waals surface area (Å²) in [5, 5.41) is 2.86. The number of aryl methyl sites for hydroxylation is 1. The van der Waals surface area contributed by atoms with E-state index in [1.165, 1.54) is 0 Å². The van der Waals surface area contributed by atoms with Crippen LogP contribution in [-0.2, 0) is 6.42 Å². The molecule has 3 rings (SSSR count). The van der Waals surface area contributed by atoms with Crippen LogP contribution in [0.15, 0.2) is 22.6 Å². The number of hydrogen-bond donors (Lipinski definition) is 1. The van der Waals surface area contributed by atoms with Crippen molar-refractivity contribution in [1.82, 2.24) is 0 Å². The van der Waals surface area contributed by atoms with Crippen molar-refractivity contribution in [2.45, 2.75) is 47.5 Å². The molecule has 1 aromatic carbocycles. The maximum absolute atomic E-state index is 12.8. The first-order valence-corrected chi connectivity index (χ1v) is 8.92. The molecule has 138 valence electrons. The Balaban J connectivity index is 1.92. The summed E-state index contributed by atoms with van der Waals surface area (Å²) in [6.45, 7) is 10.2. The summed E-state index contributed by atoms with van der Waals surface area (Å²) in [6, 6.07) is 5.60. The SMILES string of the molecule is CCOc1cc(C)ccc1NC(=O)c1oc2c(c1C)C(=O)CC(C)(C)C2. The third-order valence-electron chi connectivity index (χ3n) is 4.67. The van der Waals surface area contributed by atoms with E-state index in [-0.39, 0.29) is 22.9 Å². The number of carbonyl (C=O) groups is 2. The molecular weight excluding hydrogens is 330 g/mol. The number of amides is 1. The summed E-state index contributed by atoms with van der Waals surface area (Å²) in [5.74, 6) is 1.10. The van der Waals surface area contributed by atoms with Crippen molar-refractivity contribution >= 4 is 17.4 Å². The van der Waals surface area contributed by atoms with Gasteiger partial charge < -0.3 is 14.5 Å². The molecule has 0 spiro atoms. The van der Waals surface area contributed by atoms with Gasteiger partial charge in [-0.1, -0.05) is 19.9 Å². The molecule has 5 heteroatoms. The zero-order valence-electron chi connectivity index (χ0n) is 16.0. The Morgan fingerprint density at radius 1 is 1.27 bits per heavy atom. The fourth-order valence-electron chi connectivity index (χ4n) is 3.49. The molecule has 5 nitrogen and oxygen atoms in total. The van der Waals surface area contributed by atoms with E-state index < -0.39 is 0 Å². The smallest absolute Gasteiger partial charge is 0.291 e. The lowest BCUT2D eigenvalue weighted by Crippen LogP contribution is -2.26. The van der Waals surface area contributed by atoms with Gasteiger partial charge in [-0.05, 0) is 43.9 Å². The van der Waals surface area contributed by atoms with E-state index in [2.05, 4.69) is 5.32 Å². The largest absolute Gasteiger partial charge is 0.492 e. The van der Waals surface area contributed by atoms with Gasteiger partial charge in [0.2, 0.25) is 0 Å². The van der Waals surface area contributed by atoms with Crippen molar-refractivity contribution in [2.75, 3.05) is 11.9 Å². The molecule has 1 N–H and O–H groups in total. The summed E-state index contributed by atoms with van der Waals surface area (Å²) in [6.07, 6.45) is 1.12. The maximum Gasteiger partial charge on any atom is 0.291 e. The highest BCUT2D eigenvalue weighted by Gasteiger charge is 2.37. The summed E-state index contributed by atoms with van der Waals surface area (Å²) in [7, 11) is 0. The van der Waals surface area contributed by atoms with Crippen molar-refractivity contribution < 1.29 is 18.7 Å². The van der Waals surface area contributed by atoms with E-state index in [4.69, 9.17) is 9.15 Å². The first-order valence-electron chi connectivity index (χ1n) is 8.92. The summed E-state index contributed by atoms with van der Waals surface area (Å²) in [5.41, 5.74) is 2.67. The minimum absolute atomic E-state index is 0.0434. The monoisotopic (exact) mass is 355 g/mol. The topological polar surface area (TPSA) is 68.5 Å². The number of rotatable bonds is 4. The van der Waals surface area contributed by atoms with Crippen molar-refractivity contribution in [1.29, 1.82) is 0 Å². The highest BCUT2D eigenvalue weighted by Crippen LogP contribution is 2.38. The predicted molar refractivity (Wildman–Crippen MR) is 100 cm³/mol. The quantitative estimate of drug-likeness (QED) is 0.863. The molecule has 0 aliphatic heterocycles.